The summed E-state index contributed by atoms with van der Waals surface area (Å²) >= 11 is 0. The largest absolute Gasteiger partial charge is 0.396 e. The molecular weight excluding hydrogens is 314 g/mol. The number of aliphatic hydroxyl groups excluding tert-OH is 2. The van der Waals surface area contributed by atoms with Crippen molar-refractivity contribution >= 4 is 5.91 Å². The molecule has 0 aliphatic rings. The molecule has 1 amide bonds. The zero-order valence-corrected chi connectivity index (χ0v) is 14.9. The number of carbonyl (C=O) groups is 1. The summed E-state index contributed by atoms with van der Waals surface area (Å²) in [5.41, 5.74) is 1.44. The van der Waals surface area contributed by atoms with E-state index in [9.17, 15) is 15.0 Å². The number of nitrogens with one attached hydrogen (secondary N) is 1. The zero-order chi connectivity index (χ0) is 18.3. The Bertz CT molecular complexity index is 655. The Balaban J connectivity index is 1.99. The van der Waals surface area contributed by atoms with Crippen LogP contribution in [0.4, 0.5) is 0 Å². The first kappa shape index (κ1) is 19.2. The molecule has 0 heterocycles. The highest BCUT2D eigenvalue weighted by Gasteiger charge is 2.30. The van der Waals surface area contributed by atoms with Crippen molar-refractivity contribution in [1.29, 1.82) is 0 Å². The number of hydrogen-bond donors (Lipinski definition) is 3. The third-order valence-electron chi connectivity index (χ3n) is 4.62. The minimum Gasteiger partial charge on any atom is -0.396 e. The summed E-state index contributed by atoms with van der Waals surface area (Å²) in [4.78, 5) is 12.2. The van der Waals surface area contributed by atoms with E-state index in [1.165, 1.54) is 0 Å². The lowest BCUT2D eigenvalue weighted by Crippen LogP contribution is -2.37. The second-order valence-corrected chi connectivity index (χ2v) is 7.04. The molecule has 25 heavy (non-hydrogen) atoms. The Hall–Kier alpha value is -2.17. The first-order valence-electron chi connectivity index (χ1n) is 8.59. The normalized spacial score (nSPS) is 13.9. The molecule has 0 aliphatic carbocycles. The molecule has 4 heteroatoms. The summed E-state index contributed by atoms with van der Waals surface area (Å²) in [6.07, 6.45) is -0.798. The van der Waals surface area contributed by atoms with Crippen molar-refractivity contribution in [3.8, 4) is 0 Å². The molecule has 0 spiro atoms. The highest BCUT2D eigenvalue weighted by Crippen LogP contribution is 2.34. The van der Waals surface area contributed by atoms with Crippen LogP contribution in [0.1, 0.15) is 43.4 Å². The van der Waals surface area contributed by atoms with Gasteiger partial charge in [-0.3, -0.25) is 4.79 Å². The van der Waals surface area contributed by atoms with Crippen LogP contribution in [0.5, 0.6) is 0 Å². The summed E-state index contributed by atoms with van der Waals surface area (Å²) in [6.45, 7) is 4.40. The summed E-state index contributed by atoms with van der Waals surface area (Å²) in [5.74, 6) is -0.220. The first-order chi connectivity index (χ1) is 11.9. The summed E-state index contributed by atoms with van der Waals surface area (Å²) in [7, 11) is 0. The van der Waals surface area contributed by atoms with Gasteiger partial charge in [0.2, 0.25) is 5.91 Å². The van der Waals surface area contributed by atoms with Crippen molar-refractivity contribution in [2.75, 3.05) is 13.2 Å². The number of carbonyl (C=O) groups excluding carboxylic acids is 1. The van der Waals surface area contributed by atoms with Crippen LogP contribution in [0.3, 0.4) is 0 Å². The molecule has 2 rings (SSSR count). The van der Waals surface area contributed by atoms with Gasteiger partial charge < -0.3 is 15.5 Å². The lowest BCUT2D eigenvalue weighted by Gasteiger charge is -2.33. The van der Waals surface area contributed by atoms with Crippen LogP contribution in [0, 0.1) is 5.41 Å². The minimum atomic E-state index is -0.817. The molecule has 0 saturated carbocycles. The molecule has 2 atom stereocenters. The van der Waals surface area contributed by atoms with E-state index in [1.807, 2.05) is 62.4 Å². The predicted molar refractivity (Wildman–Crippen MR) is 99.1 cm³/mol. The van der Waals surface area contributed by atoms with Gasteiger partial charge in [-0.1, -0.05) is 74.5 Å². The molecule has 134 valence electrons. The molecule has 4 nitrogen and oxygen atoms in total. The number of aliphatic hydroxyl groups is 2. The fraction of sp³-hybridized carbons (Fsp3) is 0.381. The number of rotatable bonds is 8. The lowest BCUT2D eigenvalue weighted by molar-refractivity contribution is -0.123. The molecule has 0 fully saturated rings. The Kier molecular flexibility index (Phi) is 6.73. The minimum absolute atomic E-state index is 0.0171. The summed E-state index contributed by atoms with van der Waals surface area (Å²) in [6, 6.07) is 19.0. The molecule has 0 aromatic heterocycles. The second kappa shape index (κ2) is 8.79. The summed E-state index contributed by atoms with van der Waals surface area (Å²) in [5, 5.41) is 22.8. The van der Waals surface area contributed by atoms with Crippen LogP contribution in [-0.4, -0.2) is 29.3 Å². The van der Waals surface area contributed by atoms with Gasteiger partial charge in [0.25, 0.3) is 0 Å². The van der Waals surface area contributed by atoms with Crippen LogP contribution in [0.25, 0.3) is 0 Å². The topological polar surface area (TPSA) is 69.6 Å². The van der Waals surface area contributed by atoms with Gasteiger partial charge in [-0.25, -0.2) is 0 Å². The predicted octanol–water partition coefficient (Wildman–Crippen LogP) is 3.03. The summed E-state index contributed by atoms with van der Waals surface area (Å²) < 4.78 is 0. The molecular formula is C21H27NO3. The van der Waals surface area contributed by atoms with E-state index < -0.39 is 6.10 Å². The van der Waals surface area contributed by atoms with E-state index in [-0.39, 0.29) is 30.3 Å². The van der Waals surface area contributed by atoms with Gasteiger partial charge in [0.15, 0.2) is 0 Å². The monoisotopic (exact) mass is 341 g/mol. The van der Waals surface area contributed by atoms with Gasteiger partial charge in [-0.2, -0.15) is 0 Å². The molecule has 0 radical (unpaired) electrons. The van der Waals surface area contributed by atoms with Crippen molar-refractivity contribution in [2.24, 2.45) is 5.41 Å². The fourth-order valence-electron chi connectivity index (χ4n) is 2.90. The Morgan fingerprint density at radius 2 is 1.52 bits per heavy atom. The van der Waals surface area contributed by atoms with Gasteiger partial charge in [0.1, 0.15) is 0 Å². The maximum absolute atomic E-state index is 12.2. The van der Waals surface area contributed by atoms with Gasteiger partial charge in [-0.15, -0.1) is 0 Å². The maximum Gasteiger partial charge on any atom is 0.222 e. The van der Waals surface area contributed by atoms with Crippen LogP contribution < -0.4 is 5.32 Å². The number of amides is 1. The van der Waals surface area contributed by atoms with Gasteiger partial charge in [0.05, 0.1) is 12.5 Å². The van der Waals surface area contributed by atoms with Gasteiger partial charge in [0, 0.05) is 19.1 Å². The van der Waals surface area contributed by atoms with Crippen LogP contribution in [0.15, 0.2) is 60.7 Å². The molecule has 2 aromatic rings. The first-order valence-corrected chi connectivity index (χ1v) is 8.59. The van der Waals surface area contributed by atoms with Gasteiger partial charge in [-0.05, 0) is 16.5 Å². The zero-order valence-electron chi connectivity index (χ0n) is 14.9. The van der Waals surface area contributed by atoms with Gasteiger partial charge >= 0.3 is 0 Å². The van der Waals surface area contributed by atoms with E-state index in [1.54, 1.807) is 12.1 Å². The van der Waals surface area contributed by atoms with E-state index >= 15 is 0 Å². The number of benzene rings is 2. The van der Waals surface area contributed by atoms with Crippen molar-refractivity contribution in [3.05, 3.63) is 71.8 Å². The highest BCUT2D eigenvalue weighted by atomic mass is 16.3. The van der Waals surface area contributed by atoms with Crippen LogP contribution >= 0.6 is 0 Å². The molecule has 2 aromatic carbocycles. The highest BCUT2D eigenvalue weighted by molar-refractivity contribution is 5.76. The third kappa shape index (κ3) is 5.41. The van der Waals surface area contributed by atoms with Crippen molar-refractivity contribution in [2.45, 2.75) is 32.3 Å². The number of hydrogen-bond acceptors (Lipinski definition) is 3. The second-order valence-electron chi connectivity index (χ2n) is 7.04. The van der Waals surface area contributed by atoms with Crippen molar-refractivity contribution in [3.63, 3.8) is 0 Å². The maximum atomic E-state index is 12.2. The average molecular weight is 341 g/mol. The SMILES string of the molecule is CC(C)(CO)C(CNC(=O)CC(O)c1ccccc1)c1ccccc1. The Morgan fingerprint density at radius 3 is 2.04 bits per heavy atom. The molecule has 0 bridgehead atoms. The van der Waals surface area contributed by atoms with E-state index in [0.29, 0.717) is 6.54 Å². The average Bonchev–Trinajstić information content (AvgIpc) is 2.63. The fourth-order valence-corrected chi connectivity index (χ4v) is 2.90. The van der Waals surface area contributed by atoms with E-state index in [2.05, 4.69) is 5.32 Å². The smallest absolute Gasteiger partial charge is 0.222 e. The van der Waals surface area contributed by atoms with Crippen LogP contribution in [-0.2, 0) is 4.79 Å². The molecule has 2 unspecified atom stereocenters. The standard InChI is InChI=1S/C21H27NO3/c1-21(2,15-23)18(16-9-5-3-6-10-16)14-22-20(25)13-19(24)17-11-7-4-8-12-17/h3-12,18-19,23-24H,13-15H2,1-2H3,(H,22,25). The Labute approximate surface area is 149 Å². The molecule has 0 aliphatic heterocycles. The third-order valence-corrected chi connectivity index (χ3v) is 4.62. The van der Waals surface area contributed by atoms with Crippen LogP contribution in [0.2, 0.25) is 0 Å². The van der Waals surface area contributed by atoms with Crippen molar-refractivity contribution in [1.82, 2.24) is 5.32 Å². The Morgan fingerprint density at radius 1 is 1.00 bits per heavy atom. The van der Waals surface area contributed by atoms with Crippen molar-refractivity contribution < 1.29 is 15.0 Å². The quantitative estimate of drug-likeness (QED) is 0.691. The molecule has 0 saturated heterocycles. The molecule has 3 N–H and O–H groups in total. The van der Waals surface area contributed by atoms with E-state index in [0.717, 1.165) is 11.1 Å². The van der Waals surface area contributed by atoms with E-state index in [4.69, 9.17) is 0 Å². The lowest BCUT2D eigenvalue weighted by atomic mass is 9.75.